The number of methoxy groups -OCH3 is 1. The number of nitrogens with one attached hydrogen (secondary N) is 1. The van der Waals surface area contributed by atoms with Crippen LogP contribution in [0.15, 0.2) is 66.3 Å². The number of thioether (sulfide) groups is 1. The van der Waals surface area contributed by atoms with Crippen molar-refractivity contribution in [2.45, 2.75) is 24.7 Å². The number of hydrogen-bond donors (Lipinski definition) is 1. The van der Waals surface area contributed by atoms with Gasteiger partial charge >= 0.3 is 0 Å². The number of allylic oxidation sites excluding steroid dienone is 1. The van der Waals surface area contributed by atoms with Crippen LogP contribution in [0.4, 0.5) is 4.39 Å². The van der Waals surface area contributed by atoms with E-state index in [1.165, 1.54) is 23.9 Å². The maximum absolute atomic E-state index is 13.1. The summed E-state index contributed by atoms with van der Waals surface area (Å²) >= 11 is 1.29. The fraction of sp³-hybridized carbons (Fsp3) is 0.227. The van der Waals surface area contributed by atoms with Crippen molar-refractivity contribution in [3.8, 4) is 17.1 Å². The molecule has 0 spiro atoms. The number of carbonyl (C=O) groups is 1. The smallest absolute Gasteiger partial charge is 0.230 e. The Bertz CT molecular complexity index is 1020. The molecule has 1 amide bonds. The highest BCUT2D eigenvalue weighted by Crippen LogP contribution is 2.30. The standard InChI is InChI=1S/C22H23FN4O2S/c1-4-13-27-21(18-7-5-6-8-19(18)29-3)25-26-22(27)30-14-20(28)24-15(2)16-9-11-17(23)12-10-16/h4-12,15H,1,13-14H2,2-3H3,(H,24,28). The zero-order valence-corrected chi connectivity index (χ0v) is 17.7. The second kappa shape index (κ2) is 10.1. The second-order valence-electron chi connectivity index (χ2n) is 6.54. The second-order valence-corrected chi connectivity index (χ2v) is 7.48. The van der Waals surface area contributed by atoms with E-state index in [1.807, 2.05) is 35.8 Å². The Balaban J connectivity index is 1.70. The van der Waals surface area contributed by atoms with E-state index >= 15 is 0 Å². The zero-order chi connectivity index (χ0) is 21.5. The fourth-order valence-corrected chi connectivity index (χ4v) is 3.72. The van der Waals surface area contributed by atoms with Crippen LogP contribution in [0.5, 0.6) is 5.75 Å². The maximum Gasteiger partial charge on any atom is 0.230 e. The minimum absolute atomic E-state index is 0.149. The Morgan fingerprint density at radius 1 is 1.27 bits per heavy atom. The van der Waals surface area contributed by atoms with Gasteiger partial charge in [0.05, 0.1) is 24.5 Å². The molecule has 1 atom stereocenters. The average molecular weight is 427 g/mol. The lowest BCUT2D eigenvalue weighted by molar-refractivity contribution is -0.119. The van der Waals surface area contributed by atoms with Crippen LogP contribution < -0.4 is 10.1 Å². The molecule has 2 aromatic carbocycles. The first-order chi connectivity index (χ1) is 14.5. The van der Waals surface area contributed by atoms with Crippen molar-refractivity contribution in [3.05, 3.63) is 72.6 Å². The van der Waals surface area contributed by atoms with E-state index < -0.39 is 0 Å². The van der Waals surface area contributed by atoms with Crippen LogP contribution >= 0.6 is 11.8 Å². The highest BCUT2D eigenvalue weighted by atomic mass is 32.2. The SMILES string of the molecule is C=CCn1c(SCC(=O)NC(C)c2ccc(F)cc2)nnc1-c1ccccc1OC. The van der Waals surface area contributed by atoms with E-state index in [-0.39, 0.29) is 23.5 Å². The van der Waals surface area contributed by atoms with Crippen molar-refractivity contribution in [2.75, 3.05) is 12.9 Å². The van der Waals surface area contributed by atoms with Crippen LogP contribution in [-0.2, 0) is 11.3 Å². The summed E-state index contributed by atoms with van der Waals surface area (Å²) in [5, 5.41) is 12.1. The highest BCUT2D eigenvalue weighted by molar-refractivity contribution is 7.99. The monoisotopic (exact) mass is 426 g/mol. The minimum atomic E-state index is -0.305. The third-order valence-corrected chi connectivity index (χ3v) is 5.42. The van der Waals surface area contributed by atoms with Crippen molar-refractivity contribution in [1.82, 2.24) is 20.1 Å². The summed E-state index contributed by atoms with van der Waals surface area (Å²) in [7, 11) is 1.61. The molecule has 1 aromatic heterocycles. The summed E-state index contributed by atoms with van der Waals surface area (Å²) in [4.78, 5) is 12.4. The molecule has 0 saturated carbocycles. The lowest BCUT2D eigenvalue weighted by Gasteiger charge is -2.14. The Labute approximate surface area is 179 Å². The molecule has 0 radical (unpaired) electrons. The summed E-state index contributed by atoms with van der Waals surface area (Å²) in [6.07, 6.45) is 1.75. The van der Waals surface area contributed by atoms with E-state index in [4.69, 9.17) is 4.74 Å². The molecule has 3 rings (SSSR count). The molecule has 6 nitrogen and oxygen atoms in total. The number of carbonyl (C=O) groups excluding carboxylic acids is 1. The molecule has 0 saturated heterocycles. The summed E-state index contributed by atoms with van der Waals surface area (Å²) < 4.78 is 20.4. The van der Waals surface area contributed by atoms with Crippen LogP contribution in [0.25, 0.3) is 11.4 Å². The number of nitrogens with zero attached hydrogens (tertiary/aromatic N) is 3. The van der Waals surface area contributed by atoms with Gasteiger partial charge in [0.15, 0.2) is 11.0 Å². The van der Waals surface area contributed by atoms with Gasteiger partial charge in [0.2, 0.25) is 5.91 Å². The molecular weight excluding hydrogens is 403 g/mol. The van der Waals surface area contributed by atoms with E-state index in [2.05, 4.69) is 22.1 Å². The van der Waals surface area contributed by atoms with Gasteiger partial charge in [-0.25, -0.2) is 4.39 Å². The van der Waals surface area contributed by atoms with E-state index in [9.17, 15) is 9.18 Å². The molecule has 3 aromatic rings. The maximum atomic E-state index is 13.1. The Morgan fingerprint density at radius 2 is 2.00 bits per heavy atom. The van der Waals surface area contributed by atoms with E-state index in [0.717, 1.165) is 11.1 Å². The number of benzene rings is 2. The summed E-state index contributed by atoms with van der Waals surface area (Å²) in [5.74, 6) is 1.06. The molecule has 0 fully saturated rings. The van der Waals surface area contributed by atoms with Crippen molar-refractivity contribution in [3.63, 3.8) is 0 Å². The number of halogens is 1. The third-order valence-electron chi connectivity index (χ3n) is 4.46. The number of amides is 1. The summed E-state index contributed by atoms with van der Waals surface area (Å²) in [6, 6.07) is 13.4. The summed E-state index contributed by atoms with van der Waals surface area (Å²) in [5.41, 5.74) is 1.65. The molecule has 1 unspecified atom stereocenters. The fourth-order valence-electron chi connectivity index (χ4n) is 2.97. The molecule has 1 N–H and O–H groups in total. The van der Waals surface area contributed by atoms with Gasteiger partial charge in [0, 0.05) is 6.54 Å². The normalized spacial score (nSPS) is 11.7. The number of aromatic nitrogens is 3. The first kappa shape index (κ1) is 21.6. The van der Waals surface area contributed by atoms with Crippen molar-refractivity contribution < 1.29 is 13.9 Å². The molecule has 30 heavy (non-hydrogen) atoms. The lowest BCUT2D eigenvalue weighted by Crippen LogP contribution is -2.28. The van der Waals surface area contributed by atoms with Gasteiger partial charge in [-0.3, -0.25) is 9.36 Å². The number of para-hydroxylation sites is 1. The largest absolute Gasteiger partial charge is 0.496 e. The first-order valence-electron chi connectivity index (χ1n) is 9.38. The topological polar surface area (TPSA) is 69.0 Å². The van der Waals surface area contributed by atoms with Crippen molar-refractivity contribution in [2.24, 2.45) is 0 Å². The van der Waals surface area contributed by atoms with Gasteiger partial charge in [-0.05, 0) is 36.8 Å². The molecule has 0 aliphatic carbocycles. The van der Waals surface area contributed by atoms with Crippen LogP contribution in [0.2, 0.25) is 0 Å². The van der Waals surface area contributed by atoms with Crippen LogP contribution in [0.1, 0.15) is 18.5 Å². The number of hydrogen-bond acceptors (Lipinski definition) is 5. The van der Waals surface area contributed by atoms with E-state index in [1.54, 1.807) is 25.3 Å². The van der Waals surface area contributed by atoms with Gasteiger partial charge in [-0.15, -0.1) is 16.8 Å². The molecule has 8 heteroatoms. The van der Waals surface area contributed by atoms with Crippen molar-refractivity contribution in [1.29, 1.82) is 0 Å². The predicted octanol–water partition coefficient (Wildman–Crippen LogP) is 4.25. The van der Waals surface area contributed by atoms with Crippen molar-refractivity contribution >= 4 is 17.7 Å². The molecule has 0 bridgehead atoms. The number of ether oxygens (including phenoxy) is 1. The average Bonchev–Trinajstić information content (AvgIpc) is 3.15. The van der Waals surface area contributed by atoms with Gasteiger partial charge in [-0.1, -0.05) is 42.1 Å². The first-order valence-corrected chi connectivity index (χ1v) is 10.4. The Kier molecular flexibility index (Phi) is 7.24. The molecule has 156 valence electrons. The summed E-state index contributed by atoms with van der Waals surface area (Å²) in [6.45, 7) is 6.16. The highest BCUT2D eigenvalue weighted by Gasteiger charge is 2.18. The van der Waals surface area contributed by atoms with Gasteiger partial charge in [-0.2, -0.15) is 0 Å². The van der Waals surface area contributed by atoms with Crippen LogP contribution in [-0.4, -0.2) is 33.5 Å². The minimum Gasteiger partial charge on any atom is -0.496 e. The molecule has 0 aliphatic heterocycles. The lowest BCUT2D eigenvalue weighted by atomic mass is 10.1. The molecular formula is C22H23FN4O2S. The van der Waals surface area contributed by atoms with Gasteiger partial charge < -0.3 is 10.1 Å². The van der Waals surface area contributed by atoms with Crippen LogP contribution in [0, 0.1) is 5.82 Å². The van der Waals surface area contributed by atoms with Gasteiger partial charge in [0.1, 0.15) is 11.6 Å². The Hall–Kier alpha value is -3.13. The predicted molar refractivity (Wildman–Crippen MR) is 116 cm³/mol. The quantitative estimate of drug-likeness (QED) is 0.409. The molecule has 1 heterocycles. The third kappa shape index (κ3) is 5.07. The number of rotatable bonds is 9. The Morgan fingerprint density at radius 3 is 2.70 bits per heavy atom. The van der Waals surface area contributed by atoms with Crippen LogP contribution in [0.3, 0.4) is 0 Å². The van der Waals surface area contributed by atoms with E-state index in [0.29, 0.717) is 23.3 Å². The zero-order valence-electron chi connectivity index (χ0n) is 16.8. The molecule has 0 aliphatic rings. The van der Waals surface area contributed by atoms with Gasteiger partial charge in [0.25, 0.3) is 0 Å².